The first-order valence-electron chi connectivity index (χ1n) is 4.95. The molecule has 13 heavy (non-hydrogen) atoms. The molecule has 1 aliphatic heterocycles. The fraction of sp³-hybridized carbons (Fsp3) is 1.00. The zero-order valence-electron chi connectivity index (χ0n) is 8.87. The minimum atomic E-state index is -0.844. The predicted molar refractivity (Wildman–Crippen MR) is 50.5 cm³/mol. The number of hydrogen-bond acceptors (Lipinski definition) is 3. The minimum absolute atomic E-state index is 0.192. The van der Waals surface area contributed by atoms with Gasteiger partial charge in [0.1, 0.15) is 12.2 Å². The Kier molecular flexibility index (Phi) is 2.72. The average Bonchev–Trinajstić information content (AvgIpc) is 2.81. The van der Waals surface area contributed by atoms with Crippen molar-refractivity contribution in [2.75, 3.05) is 0 Å². The van der Waals surface area contributed by atoms with Crippen molar-refractivity contribution in [3.8, 4) is 0 Å². The fourth-order valence-electron chi connectivity index (χ4n) is 1.71. The normalized spacial score (nSPS) is 29.1. The summed E-state index contributed by atoms with van der Waals surface area (Å²) >= 11 is 0. The number of epoxide rings is 1. The molecule has 1 saturated heterocycles. The van der Waals surface area contributed by atoms with Crippen molar-refractivity contribution in [1.29, 1.82) is 0 Å². The van der Waals surface area contributed by atoms with E-state index in [1.54, 1.807) is 13.8 Å². The first-order valence-corrected chi connectivity index (χ1v) is 4.95. The molecule has 0 amide bonds. The highest BCUT2D eigenvalue weighted by atomic mass is 16.6. The standard InChI is InChI=1S/C10H20O3/c1-5-10(12,6-2)8-7(13-8)9(3,4)11/h7-8,11-12H,5-6H2,1-4H3/t7-,8-/m1/s1. The van der Waals surface area contributed by atoms with Gasteiger partial charge in [0.2, 0.25) is 0 Å². The highest BCUT2D eigenvalue weighted by Gasteiger charge is 2.57. The Morgan fingerprint density at radius 3 is 1.77 bits per heavy atom. The Balaban J connectivity index is 2.59. The van der Waals surface area contributed by atoms with Crippen LogP contribution in [0.25, 0.3) is 0 Å². The summed E-state index contributed by atoms with van der Waals surface area (Å²) in [5.74, 6) is 0. The van der Waals surface area contributed by atoms with Crippen LogP contribution in [-0.4, -0.2) is 33.6 Å². The van der Waals surface area contributed by atoms with Gasteiger partial charge in [-0.25, -0.2) is 0 Å². The smallest absolute Gasteiger partial charge is 0.116 e. The van der Waals surface area contributed by atoms with Crippen molar-refractivity contribution in [3.63, 3.8) is 0 Å². The van der Waals surface area contributed by atoms with Crippen molar-refractivity contribution in [2.45, 2.75) is 63.9 Å². The SMILES string of the molecule is CCC(O)(CC)[C@@H]1O[C@H]1C(C)(C)O. The number of rotatable bonds is 4. The molecule has 0 aliphatic carbocycles. The fourth-order valence-corrected chi connectivity index (χ4v) is 1.71. The van der Waals surface area contributed by atoms with Gasteiger partial charge < -0.3 is 14.9 Å². The second-order valence-electron chi connectivity index (χ2n) is 4.44. The lowest BCUT2D eigenvalue weighted by Gasteiger charge is -2.24. The summed E-state index contributed by atoms with van der Waals surface area (Å²) in [7, 11) is 0. The molecule has 0 saturated carbocycles. The van der Waals surface area contributed by atoms with E-state index in [1.807, 2.05) is 13.8 Å². The summed E-state index contributed by atoms with van der Waals surface area (Å²) in [6, 6.07) is 0. The second-order valence-corrected chi connectivity index (χ2v) is 4.44. The predicted octanol–water partition coefficient (Wildman–Crippen LogP) is 1.08. The molecule has 1 rings (SSSR count). The summed E-state index contributed by atoms with van der Waals surface area (Å²) in [6.07, 6.45) is 0.932. The Morgan fingerprint density at radius 1 is 1.08 bits per heavy atom. The lowest BCUT2D eigenvalue weighted by Crippen LogP contribution is -2.39. The van der Waals surface area contributed by atoms with Crippen LogP contribution in [0.1, 0.15) is 40.5 Å². The van der Waals surface area contributed by atoms with Gasteiger partial charge in [-0.05, 0) is 26.7 Å². The first-order chi connectivity index (χ1) is 5.85. The maximum atomic E-state index is 10.1. The van der Waals surface area contributed by atoms with E-state index in [2.05, 4.69) is 0 Å². The summed E-state index contributed by atoms with van der Waals surface area (Å²) in [4.78, 5) is 0. The third-order valence-electron chi connectivity index (χ3n) is 2.94. The van der Waals surface area contributed by atoms with Crippen LogP contribution in [0.4, 0.5) is 0 Å². The van der Waals surface area contributed by atoms with Crippen LogP contribution in [0.2, 0.25) is 0 Å². The monoisotopic (exact) mass is 188 g/mol. The molecule has 2 N–H and O–H groups in total. The highest BCUT2D eigenvalue weighted by Crippen LogP contribution is 2.41. The molecule has 0 aromatic heterocycles. The molecule has 1 aliphatic rings. The molecular formula is C10H20O3. The van der Waals surface area contributed by atoms with Gasteiger partial charge in [-0.3, -0.25) is 0 Å². The van der Waals surface area contributed by atoms with E-state index < -0.39 is 11.2 Å². The maximum absolute atomic E-state index is 10.1. The number of hydrogen-bond donors (Lipinski definition) is 2. The van der Waals surface area contributed by atoms with E-state index in [1.165, 1.54) is 0 Å². The molecule has 0 aromatic carbocycles. The topological polar surface area (TPSA) is 53.0 Å². The van der Waals surface area contributed by atoms with Crippen LogP contribution in [-0.2, 0) is 4.74 Å². The van der Waals surface area contributed by atoms with Crippen LogP contribution < -0.4 is 0 Å². The van der Waals surface area contributed by atoms with Gasteiger partial charge in [0, 0.05) is 0 Å². The van der Waals surface area contributed by atoms with Gasteiger partial charge >= 0.3 is 0 Å². The lowest BCUT2D eigenvalue weighted by molar-refractivity contribution is 0.00348. The largest absolute Gasteiger partial charge is 0.388 e. The van der Waals surface area contributed by atoms with E-state index in [4.69, 9.17) is 4.74 Å². The molecule has 0 aromatic rings. The molecule has 1 fully saturated rings. The second kappa shape index (κ2) is 3.23. The quantitative estimate of drug-likeness (QED) is 0.649. The van der Waals surface area contributed by atoms with E-state index in [0.717, 1.165) is 0 Å². The molecule has 0 spiro atoms. The number of aliphatic hydroxyl groups is 2. The van der Waals surface area contributed by atoms with Gasteiger partial charge in [-0.15, -0.1) is 0 Å². The van der Waals surface area contributed by atoms with Crippen molar-refractivity contribution < 1.29 is 14.9 Å². The Morgan fingerprint density at radius 2 is 1.54 bits per heavy atom. The van der Waals surface area contributed by atoms with E-state index in [-0.39, 0.29) is 12.2 Å². The molecular weight excluding hydrogens is 168 g/mol. The summed E-state index contributed by atoms with van der Waals surface area (Å²) in [6.45, 7) is 7.30. The van der Waals surface area contributed by atoms with Crippen LogP contribution >= 0.6 is 0 Å². The third kappa shape index (κ3) is 2.03. The Hall–Kier alpha value is -0.120. The van der Waals surface area contributed by atoms with Gasteiger partial charge in [-0.2, -0.15) is 0 Å². The molecule has 0 unspecified atom stereocenters. The van der Waals surface area contributed by atoms with Crippen LogP contribution in [0.3, 0.4) is 0 Å². The van der Waals surface area contributed by atoms with Crippen LogP contribution in [0.5, 0.6) is 0 Å². The van der Waals surface area contributed by atoms with E-state index in [0.29, 0.717) is 12.8 Å². The molecule has 3 heteroatoms. The first kappa shape index (κ1) is 11.0. The van der Waals surface area contributed by atoms with Gasteiger partial charge in [-0.1, -0.05) is 13.8 Å². The van der Waals surface area contributed by atoms with Gasteiger partial charge in [0.15, 0.2) is 0 Å². The van der Waals surface area contributed by atoms with Crippen molar-refractivity contribution in [1.82, 2.24) is 0 Å². The molecule has 3 nitrogen and oxygen atoms in total. The summed E-state index contributed by atoms with van der Waals surface area (Å²) in [5.41, 5.74) is -1.60. The maximum Gasteiger partial charge on any atom is 0.116 e. The van der Waals surface area contributed by atoms with Crippen LogP contribution in [0, 0.1) is 0 Å². The average molecular weight is 188 g/mol. The molecule has 1 heterocycles. The number of ether oxygens (including phenoxy) is 1. The molecule has 0 bridgehead atoms. The third-order valence-corrected chi connectivity index (χ3v) is 2.94. The van der Waals surface area contributed by atoms with Crippen molar-refractivity contribution in [3.05, 3.63) is 0 Å². The zero-order chi connectivity index (χ0) is 10.3. The summed E-state index contributed by atoms with van der Waals surface area (Å²) < 4.78 is 5.33. The highest BCUT2D eigenvalue weighted by molar-refractivity contribution is 5.06. The molecule has 2 atom stereocenters. The Labute approximate surface area is 79.7 Å². The van der Waals surface area contributed by atoms with Crippen LogP contribution in [0.15, 0.2) is 0 Å². The molecule has 78 valence electrons. The van der Waals surface area contributed by atoms with Gasteiger partial charge in [0.05, 0.1) is 11.2 Å². The van der Waals surface area contributed by atoms with Crippen molar-refractivity contribution in [2.24, 2.45) is 0 Å². The van der Waals surface area contributed by atoms with Gasteiger partial charge in [0.25, 0.3) is 0 Å². The zero-order valence-corrected chi connectivity index (χ0v) is 8.87. The van der Waals surface area contributed by atoms with E-state index >= 15 is 0 Å². The van der Waals surface area contributed by atoms with E-state index in [9.17, 15) is 10.2 Å². The molecule has 0 radical (unpaired) electrons. The Bertz CT molecular complexity index is 179. The lowest BCUT2D eigenvalue weighted by atomic mass is 9.87. The minimum Gasteiger partial charge on any atom is -0.388 e. The summed E-state index contributed by atoms with van der Waals surface area (Å²) in [5, 5.41) is 19.7. The van der Waals surface area contributed by atoms with Crippen molar-refractivity contribution >= 4 is 0 Å².